The molecule has 2 rings (SSSR count). The van der Waals surface area contributed by atoms with Gasteiger partial charge in [-0.2, -0.15) is 0 Å². The fourth-order valence-electron chi connectivity index (χ4n) is 1.78. The van der Waals surface area contributed by atoms with Gasteiger partial charge in [0.15, 0.2) is 0 Å². The molecule has 2 aromatic rings. The highest BCUT2D eigenvalue weighted by Crippen LogP contribution is 2.28. The Kier molecular flexibility index (Phi) is 5.31. The summed E-state index contributed by atoms with van der Waals surface area (Å²) in [7, 11) is 1.46. The summed E-state index contributed by atoms with van der Waals surface area (Å²) in [5.41, 5.74) is 0.338. The van der Waals surface area contributed by atoms with Crippen molar-refractivity contribution in [2.45, 2.75) is 6.54 Å². The van der Waals surface area contributed by atoms with Crippen LogP contribution in [0, 0.1) is 10.1 Å². The predicted molar refractivity (Wildman–Crippen MR) is 84.3 cm³/mol. The number of nitro groups is 1. The van der Waals surface area contributed by atoms with Crippen LogP contribution in [0.1, 0.15) is 4.88 Å². The van der Waals surface area contributed by atoms with E-state index in [0.29, 0.717) is 18.0 Å². The zero-order valence-corrected chi connectivity index (χ0v) is 12.7. The molecule has 8 heteroatoms. The highest BCUT2D eigenvalue weighted by molar-refractivity contribution is 7.09. The monoisotopic (exact) mass is 321 g/mol. The summed E-state index contributed by atoms with van der Waals surface area (Å²) in [5.74, 6) is 0.235. The second-order valence-corrected chi connectivity index (χ2v) is 5.38. The first kappa shape index (κ1) is 15.8. The number of benzene rings is 1. The fraction of sp³-hybridized carbons (Fsp3) is 0.214. The number of carbonyl (C=O) groups is 1. The Morgan fingerprint density at radius 2 is 2.23 bits per heavy atom. The van der Waals surface area contributed by atoms with E-state index in [1.807, 2.05) is 17.5 Å². The normalized spacial score (nSPS) is 10.0. The van der Waals surface area contributed by atoms with Crippen LogP contribution in [0.15, 0.2) is 35.7 Å². The molecule has 116 valence electrons. The van der Waals surface area contributed by atoms with Crippen molar-refractivity contribution in [2.75, 3.05) is 19.0 Å². The molecule has 7 nitrogen and oxygen atoms in total. The number of thiophene rings is 1. The van der Waals surface area contributed by atoms with Crippen molar-refractivity contribution in [1.29, 1.82) is 0 Å². The van der Waals surface area contributed by atoms with Crippen molar-refractivity contribution in [3.05, 3.63) is 50.7 Å². The minimum absolute atomic E-state index is 0.00288. The van der Waals surface area contributed by atoms with Crippen molar-refractivity contribution in [2.24, 2.45) is 0 Å². The molecule has 22 heavy (non-hydrogen) atoms. The third-order valence-electron chi connectivity index (χ3n) is 2.87. The fourth-order valence-corrected chi connectivity index (χ4v) is 2.43. The van der Waals surface area contributed by atoms with Gasteiger partial charge in [0.05, 0.1) is 30.8 Å². The van der Waals surface area contributed by atoms with E-state index >= 15 is 0 Å². The lowest BCUT2D eigenvalue weighted by Crippen LogP contribution is -2.29. The lowest BCUT2D eigenvalue weighted by molar-refractivity contribution is -0.384. The number of carbonyl (C=O) groups excluding carboxylic acids is 1. The first-order valence-corrected chi connectivity index (χ1v) is 7.33. The van der Waals surface area contributed by atoms with Crippen LogP contribution < -0.4 is 15.4 Å². The van der Waals surface area contributed by atoms with Crippen molar-refractivity contribution in [3.63, 3.8) is 0 Å². The Balaban J connectivity index is 1.93. The SMILES string of the molecule is COc1ccc([N+](=O)[O-])cc1NCC(=O)NCc1cccs1. The molecule has 0 saturated heterocycles. The van der Waals surface area contributed by atoms with Gasteiger partial charge in [-0.1, -0.05) is 6.07 Å². The summed E-state index contributed by atoms with van der Waals surface area (Å²) in [5, 5.41) is 18.3. The number of hydrogen-bond acceptors (Lipinski definition) is 6. The highest BCUT2D eigenvalue weighted by atomic mass is 32.1. The van der Waals surface area contributed by atoms with E-state index in [-0.39, 0.29) is 18.1 Å². The Morgan fingerprint density at radius 1 is 1.41 bits per heavy atom. The van der Waals surface area contributed by atoms with Crippen LogP contribution >= 0.6 is 11.3 Å². The minimum Gasteiger partial charge on any atom is -0.495 e. The summed E-state index contributed by atoms with van der Waals surface area (Å²) >= 11 is 1.56. The van der Waals surface area contributed by atoms with Crippen molar-refractivity contribution >= 4 is 28.6 Å². The molecule has 1 aromatic heterocycles. The number of amides is 1. The van der Waals surface area contributed by atoms with Crippen LogP contribution in [0.25, 0.3) is 0 Å². The summed E-state index contributed by atoms with van der Waals surface area (Å²) in [6.45, 7) is 0.465. The van der Waals surface area contributed by atoms with E-state index in [4.69, 9.17) is 4.74 Å². The maximum atomic E-state index is 11.8. The maximum Gasteiger partial charge on any atom is 0.271 e. The van der Waals surface area contributed by atoms with Gasteiger partial charge >= 0.3 is 0 Å². The Labute approximate surface area is 131 Å². The second-order valence-electron chi connectivity index (χ2n) is 4.35. The number of nitrogens with zero attached hydrogens (tertiary/aromatic N) is 1. The van der Waals surface area contributed by atoms with Crippen LogP contribution in [0.4, 0.5) is 11.4 Å². The molecule has 1 heterocycles. The molecule has 0 atom stereocenters. The van der Waals surface area contributed by atoms with Crippen molar-refractivity contribution in [1.82, 2.24) is 5.32 Å². The maximum absolute atomic E-state index is 11.8. The van der Waals surface area contributed by atoms with E-state index in [9.17, 15) is 14.9 Å². The Bertz CT molecular complexity index is 658. The third kappa shape index (κ3) is 4.19. The molecule has 2 N–H and O–H groups in total. The second kappa shape index (κ2) is 7.41. The Morgan fingerprint density at radius 3 is 2.86 bits per heavy atom. The van der Waals surface area contributed by atoms with Gasteiger partial charge in [-0.05, 0) is 17.5 Å². The van der Waals surface area contributed by atoms with Crippen LogP contribution in [0.3, 0.4) is 0 Å². The molecular weight excluding hydrogens is 306 g/mol. The van der Waals surface area contributed by atoms with E-state index in [0.717, 1.165) is 4.88 Å². The molecule has 0 aliphatic rings. The quantitative estimate of drug-likeness (QED) is 0.603. The van der Waals surface area contributed by atoms with Crippen LogP contribution in [0.2, 0.25) is 0 Å². The minimum atomic E-state index is -0.499. The van der Waals surface area contributed by atoms with Crippen LogP contribution in [0.5, 0.6) is 5.75 Å². The van der Waals surface area contributed by atoms with Gasteiger partial charge in [-0.3, -0.25) is 14.9 Å². The van der Waals surface area contributed by atoms with Gasteiger partial charge in [-0.25, -0.2) is 0 Å². The van der Waals surface area contributed by atoms with Gasteiger partial charge < -0.3 is 15.4 Å². The average molecular weight is 321 g/mol. The molecule has 0 saturated carbocycles. The standard InChI is InChI=1S/C14H15N3O4S/c1-21-13-5-4-10(17(19)20)7-12(13)15-9-14(18)16-8-11-3-2-6-22-11/h2-7,15H,8-9H2,1H3,(H,16,18). The first-order chi connectivity index (χ1) is 10.6. The first-order valence-electron chi connectivity index (χ1n) is 6.45. The number of ether oxygens (including phenoxy) is 1. The van der Waals surface area contributed by atoms with E-state index in [2.05, 4.69) is 10.6 Å². The molecule has 0 fully saturated rings. The number of nitro benzene ring substituents is 1. The highest BCUT2D eigenvalue weighted by Gasteiger charge is 2.12. The summed E-state index contributed by atoms with van der Waals surface area (Å²) in [4.78, 5) is 23.1. The molecule has 0 spiro atoms. The number of non-ortho nitro benzene ring substituents is 1. The molecule has 0 bridgehead atoms. The summed E-state index contributed by atoms with van der Waals surface area (Å²) in [6, 6.07) is 8.02. The average Bonchev–Trinajstić information content (AvgIpc) is 3.03. The number of hydrogen-bond donors (Lipinski definition) is 2. The molecule has 0 radical (unpaired) electrons. The molecule has 0 unspecified atom stereocenters. The topological polar surface area (TPSA) is 93.5 Å². The zero-order chi connectivity index (χ0) is 15.9. The van der Waals surface area contributed by atoms with Gasteiger partial charge in [0.2, 0.25) is 5.91 Å². The molecule has 1 amide bonds. The van der Waals surface area contributed by atoms with Gasteiger partial charge in [-0.15, -0.1) is 11.3 Å². The lowest BCUT2D eigenvalue weighted by Gasteiger charge is -2.11. The van der Waals surface area contributed by atoms with E-state index in [1.54, 1.807) is 11.3 Å². The lowest BCUT2D eigenvalue weighted by atomic mass is 10.2. The predicted octanol–water partition coefficient (Wildman–Crippen LogP) is 2.39. The zero-order valence-electron chi connectivity index (χ0n) is 11.9. The van der Waals surface area contributed by atoms with Crippen molar-refractivity contribution < 1.29 is 14.5 Å². The number of rotatable bonds is 7. The molecule has 1 aromatic carbocycles. The van der Waals surface area contributed by atoms with Crippen LogP contribution in [-0.4, -0.2) is 24.5 Å². The van der Waals surface area contributed by atoms with Crippen LogP contribution in [-0.2, 0) is 11.3 Å². The summed E-state index contributed by atoms with van der Waals surface area (Å²) in [6.07, 6.45) is 0. The molecular formula is C14H15N3O4S. The van der Waals surface area contributed by atoms with Crippen molar-refractivity contribution in [3.8, 4) is 5.75 Å². The van der Waals surface area contributed by atoms with Gasteiger partial charge in [0, 0.05) is 17.0 Å². The van der Waals surface area contributed by atoms with Gasteiger partial charge in [0.1, 0.15) is 5.75 Å². The number of nitrogens with one attached hydrogen (secondary N) is 2. The largest absolute Gasteiger partial charge is 0.495 e. The van der Waals surface area contributed by atoms with E-state index < -0.39 is 4.92 Å². The smallest absolute Gasteiger partial charge is 0.271 e. The molecule has 0 aliphatic carbocycles. The van der Waals surface area contributed by atoms with E-state index in [1.165, 1.54) is 25.3 Å². The van der Waals surface area contributed by atoms with Gasteiger partial charge in [0.25, 0.3) is 5.69 Å². The number of methoxy groups -OCH3 is 1. The number of anilines is 1. The molecule has 0 aliphatic heterocycles. The summed E-state index contributed by atoms with van der Waals surface area (Å²) < 4.78 is 5.12. The Hall–Kier alpha value is -2.61. The third-order valence-corrected chi connectivity index (χ3v) is 3.75.